The van der Waals surface area contributed by atoms with Gasteiger partial charge < -0.3 is 9.84 Å². The van der Waals surface area contributed by atoms with Crippen LogP contribution in [0.15, 0.2) is 24.3 Å². The Kier molecular flexibility index (Phi) is 5.88. The summed E-state index contributed by atoms with van der Waals surface area (Å²) < 4.78 is 31.4. The summed E-state index contributed by atoms with van der Waals surface area (Å²) in [5.41, 5.74) is -0.119. The fourth-order valence-electron chi connectivity index (χ4n) is 1.75. The van der Waals surface area contributed by atoms with Gasteiger partial charge in [-0.25, -0.2) is 17.9 Å². The van der Waals surface area contributed by atoms with Crippen LogP contribution in [0, 0.1) is 0 Å². The average Bonchev–Trinajstić information content (AvgIpc) is 2.45. The van der Waals surface area contributed by atoms with Gasteiger partial charge in [-0.15, -0.1) is 0 Å². The number of nitrogens with one attached hydrogen (secondary N) is 1. The van der Waals surface area contributed by atoms with Crippen molar-refractivity contribution in [2.45, 2.75) is 31.6 Å². The van der Waals surface area contributed by atoms with Crippen molar-refractivity contribution in [2.24, 2.45) is 0 Å². The lowest BCUT2D eigenvalue weighted by atomic mass is 10.0. The largest absolute Gasteiger partial charge is 0.465 e. The number of hydrogen-bond donors (Lipinski definition) is 2. The van der Waals surface area contributed by atoms with Crippen molar-refractivity contribution in [3.05, 3.63) is 35.4 Å². The molecule has 0 aliphatic carbocycles. The van der Waals surface area contributed by atoms with Gasteiger partial charge in [-0.1, -0.05) is 19.1 Å². The Balaban J connectivity index is 2.92. The van der Waals surface area contributed by atoms with Gasteiger partial charge in [0.2, 0.25) is 10.0 Å². The first-order valence-corrected chi connectivity index (χ1v) is 8.20. The second-order valence-corrected chi connectivity index (χ2v) is 6.85. The number of methoxy groups -OCH3 is 1. The highest BCUT2D eigenvalue weighted by Gasteiger charge is 2.27. The topological polar surface area (TPSA) is 92.7 Å². The Morgan fingerprint density at radius 3 is 2.62 bits per heavy atom. The number of esters is 1. The van der Waals surface area contributed by atoms with Crippen molar-refractivity contribution < 1.29 is 23.1 Å². The van der Waals surface area contributed by atoms with Crippen LogP contribution in [0.25, 0.3) is 0 Å². The van der Waals surface area contributed by atoms with E-state index in [-0.39, 0.29) is 12.4 Å². The quantitative estimate of drug-likeness (QED) is 0.734. The maximum Gasteiger partial charge on any atom is 0.337 e. The summed E-state index contributed by atoms with van der Waals surface area (Å²) in [4.78, 5) is 11.4. The average molecular weight is 315 g/mol. The van der Waals surface area contributed by atoms with E-state index in [1.807, 2.05) is 0 Å². The van der Waals surface area contributed by atoms with Crippen molar-refractivity contribution in [1.82, 2.24) is 4.72 Å². The summed E-state index contributed by atoms with van der Waals surface area (Å²) in [6, 6.07) is 6.25. The molecule has 2 N–H and O–H groups in total. The van der Waals surface area contributed by atoms with E-state index in [1.165, 1.54) is 13.2 Å². The number of rotatable bonds is 7. The van der Waals surface area contributed by atoms with E-state index in [1.54, 1.807) is 32.0 Å². The molecule has 1 unspecified atom stereocenters. The SMILES string of the molecule is CCC(C)(CO)NS(=O)(=O)Cc1cccc(C(=O)OC)c1. The molecule has 0 bridgehead atoms. The molecule has 0 saturated carbocycles. The van der Waals surface area contributed by atoms with Gasteiger partial charge in [-0.05, 0) is 31.0 Å². The van der Waals surface area contributed by atoms with Gasteiger partial charge in [-0.3, -0.25) is 0 Å². The molecular weight excluding hydrogens is 294 g/mol. The summed E-state index contributed by atoms with van der Waals surface area (Å²) in [6.07, 6.45) is 0.463. The van der Waals surface area contributed by atoms with Crippen LogP contribution in [-0.4, -0.2) is 38.7 Å². The Bertz CT molecular complexity index is 593. The number of sulfonamides is 1. The van der Waals surface area contributed by atoms with Crippen molar-refractivity contribution in [3.63, 3.8) is 0 Å². The summed E-state index contributed by atoms with van der Waals surface area (Å²) >= 11 is 0. The summed E-state index contributed by atoms with van der Waals surface area (Å²) in [7, 11) is -2.36. The highest BCUT2D eigenvalue weighted by molar-refractivity contribution is 7.88. The molecular formula is C14H21NO5S. The molecule has 0 saturated heterocycles. The molecule has 7 heteroatoms. The zero-order valence-corrected chi connectivity index (χ0v) is 13.2. The maximum atomic E-state index is 12.1. The molecule has 0 aliphatic rings. The van der Waals surface area contributed by atoms with Crippen LogP contribution in [0.3, 0.4) is 0 Å². The molecule has 21 heavy (non-hydrogen) atoms. The number of hydrogen-bond acceptors (Lipinski definition) is 5. The normalized spacial score (nSPS) is 14.5. The molecule has 0 amide bonds. The minimum absolute atomic E-state index is 0.270. The molecule has 1 aromatic rings. The minimum Gasteiger partial charge on any atom is -0.465 e. The number of carbonyl (C=O) groups excluding carboxylic acids is 1. The Hall–Kier alpha value is -1.44. The maximum absolute atomic E-state index is 12.1. The van der Waals surface area contributed by atoms with E-state index < -0.39 is 21.5 Å². The van der Waals surface area contributed by atoms with E-state index in [9.17, 15) is 18.3 Å². The monoisotopic (exact) mass is 315 g/mol. The van der Waals surface area contributed by atoms with E-state index in [2.05, 4.69) is 9.46 Å². The van der Waals surface area contributed by atoms with Crippen LogP contribution in [-0.2, 0) is 20.5 Å². The van der Waals surface area contributed by atoms with Crippen LogP contribution in [0.2, 0.25) is 0 Å². The molecule has 0 radical (unpaired) electrons. The van der Waals surface area contributed by atoms with Crippen LogP contribution in [0.1, 0.15) is 36.2 Å². The van der Waals surface area contributed by atoms with E-state index in [0.717, 1.165) is 0 Å². The number of ether oxygens (including phenoxy) is 1. The van der Waals surface area contributed by atoms with Gasteiger partial charge in [0.05, 0.1) is 30.6 Å². The van der Waals surface area contributed by atoms with Gasteiger partial charge in [0.15, 0.2) is 0 Å². The van der Waals surface area contributed by atoms with Gasteiger partial charge in [0, 0.05) is 0 Å². The Labute approximate surface area is 125 Å². The summed E-state index contributed by atoms with van der Waals surface area (Å²) in [6.45, 7) is 3.14. The predicted octanol–water partition coefficient (Wildman–Crippen LogP) is 1.05. The Morgan fingerprint density at radius 2 is 2.10 bits per heavy atom. The molecule has 1 atom stereocenters. The standard InChI is InChI=1S/C14H21NO5S/c1-4-14(2,10-16)15-21(18,19)9-11-6-5-7-12(8-11)13(17)20-3/h5-8,15-16H,4,9-10H2,1-3H3. The zero-order valence-electron chi connectivity index (χ0n) is 12.4. The number of benzene rings is 1. The summed E-state index contributed by atoms with van der Waals surface area (Å²) in [5.74, 6) is -0.788. The molecule has 0 spiro atoms. The smallest absolute Gasteiger partial charge is 0.337 e. The third kappa shape index (κ3) is 5.11. The van der Waals surface area contributed by atoms with E-state index in [4.69, 9.17) is 0 Å². The van der Waals surface area contributed by atoms with Gasteiger partial charge >= 0.3 is 5.97 Å². The molecule has 1 aromatic carbocycles. The highest BCUT2D eigenvalue weighted by atomic mass is 32.2. The van der Waals surface area contributed by atoms with Crippen LogP contribution < -0.4 is 4.72 Å². The second-order valence-electron chi connectivity index (χ2n) is 5.13. The highest BCUT2D eigenvalue weighted by Crippen LogP contribution is 2.14. The molecule has 6 nitrogen and oxygen atoms in total. The third-order valence-electron chi connectivity index (χ3n) is 3.24. The van der Waals surface area contributed by atoms with Crippen LogP contribution >= 0.6 is 0 Å². The van der Waals surface area contributed by atoms with Crippen LogP contribution in [0.5, 0.6) is 0 Å². The number of aliphatic hydroxyl groups is 1. The first kappa shape index (κ1) is 17.6. The van der Waals surface area contributed by atoms with Crippen molar-refractivity contribution >= 4 is 16.0 Å². The summed E-state index contributed by atoms with van der Waals surface area (Å²) in [5, 5.41) is 9.28. The fraction of sp³-hybridized carbons (Fsp3) is 0.500. The molecule has 1 rings (SSSR count). The zero-order chi connectivity index (χ0) is 16.1. The first-order valence-electron chi connectivity index (χ1n) is 6.55. The minimum atomic E-state index is -3.63. The van der Waals surface area contributed by atoms with E-state index >= 15 is 0 Å². The first-order chi connectivity index (χ1) is 9.75. The predicted molar refractivity (Wildman–Crippen MR) is 79.3 cm³/mol. The van der Waals surface area contributed by atoms with Crippen molar-refractivity contribution in [1.29, 1.82) is 0 Å². The third-order valence-corrected chi connectivity index (χ3v) is 4.75. The van der Waals surface area contributed by atoms with Crippen LogP contribution in [0.4, 0.5) is 0 Å². The molecule has 0 aliphatic heterocycles. The van der Waals surface area contributed by atoms with Crippen molar-refractivity contribution in [2.75, 3.05) is 13.7 Å². The lowest BCUT2D eigenvalue weighted by molar-refractivity contribution is 0.0600. The fourth-order valence-corrected chi connectivity index (χ4v) is 3.40. The lowest BCUT2D eigenvalue weighted by Gasteiger charge is -2.26. The molecule has 0 heterocycles. The number of carbonyl (C=O) groups is 1. The van der Waals surface area contributed by atoms with E-state index in [0.29, 0.717) is 17.5 Å². The van der Waals surface area contributed by atoms with Gasteiger partial charge in [0.1, 0.15) is 0 Å². The van der Waals surface area contributed by atoms with Crippen molar-refractivity contribution in [3.8, 4) is 0 Å². The van der Waals surface area contributed by atoms with Gasteiger partial charge in [-0.2, -0.15) is 0 Å². The molecule has 0 fully saturated rings. The molecule has 118 valence electrons. The number of aliphatic hydroxyl groups excluding tert-OH is 1. The second kappa shape index (κ2) is 7.02. The molecule has 0 aromatic heterocycles. The van der Waals surface area contributed by atoms with Gasteiger partial charge in [0.25, 0.3) is 0 Å². The lowest BCUT2D eigenvalue weighted by Crippen LogP contribution is -2.48. The Morgan fingerprint density at radius 1 is 1.43 bits per heavy atom.